The molecule has 2 aromatic rings. The number of hydrogen-bond donors (Lipinski definition) is 2. The number of aliphatic carboxylic acids is 1. The van der Waals surface area contributed by atoms with E-state index >= 15 is 0 Å². The molecular formula is C12H15CaNO3. The third-order valence-electron chi connectivity index (χ3n) is 1.91. The third kappa shape index (κ3) is 5.35. The quantitative estimate of drug-likeness (QED) is 0.772. The first-order valence-electron chi connectivity index (χ1n) is 4.89. The molecule has 0 bridgehead atoms. The molecule has 0 atom stereocenters. The molecule has 0 amide bonds. The van der Waals surface area contributed by atoms with E-state index < -0.39 is 5.97 Å². The number of hydrogen-bond acceptors (Lipinski definition) is 3. The van der Waals surface area contributed by atoms with Crippen molar-refractivity contribution in [3.05, 3.63) is 36.5 Å². The summed E-state index contributed by atoms with van der Waals surface area (Å²) in [6, 6.07) is 9.13. The fourth-order valence-electron chi connectivity index (χ4n) is 1.09. The number of carbonyl (C=O) groups is 1. The summed E-state index contributed by atoms with van der Waals surface area (Å²) >= 11 is 0. The van der Waals surface area contributed by atoms with E-state index in [4.69, 9.17) is 5.11 Å². The number of pyridine rings is 1. The van der Waals surface area contributed by atoms with Gasteiger partial charge in [-0.2, -0.15) is 0 Å². The van der Waals surface area contributed by atoms with Crippen molar-refractivity contribution in [2.24, 2.45) is 0 Å². The van der Waals surface area contributed by atoms with E-state index in [9.17, 15) is 9.90 Å². The summed E-state index contributed by atoms with van der Waals surface area (Å²) < 4.78 is 0. The summed E-state index contributed by atoms with van der Waals surface area (Å²) in [7, 11) is 0. The van der Waals surface area contributed by atoms with Crippen LogP contribution in [0.2, 0.25) is 0 Å². The standard InChI is InChI=1S/C9H7NO.C3H6O2.Ca.2H/c11-8-5-1-3-7-4-2-6-10-9(7)8;1-2-3(4)5;;;/h1-6,11H;2H2,1H3,(H,4,5);;;/q;;+2;2*-1. The molecule has 0 unspecified atom stereocenters. The molecule has 4 nitrogen and oxygen atoms in total. The average molecular weight is 261 g/mol. The molecule has 1 aromatic heterocycles. The van der Waals surface area contributed by atoms with E-state index in [2.05, 4.69) is 4.98 Å². The van der Waals surface area contributed by atoms with Crippen LogP contribution in [0.25, 0.3) is 10.9 Å². The summed E-state index contributed by atoms with van der Waals surface area (Å²) in [6.45, 7) is 1.60. The van der Waals surface area contributed by atoms with Gasteiger partial charge in [0.25, 0.3) is 0 Å². The zero-order chi connectivity index (χ0) is 12.0. The average Bonchev–Trinajstić information content (AvgIpc) is 2.30. The molecule has 2 N–H and O–H groups in total. The molecule has 0 radical (unpaired) electrons. The summed E-state index contributed by atoms with van der Waals surface area (Å²) in [5, 5.41) is 18.0. The van der Waals surface area contributed by atoms with Gasteiger partial charge >= 0.3 is 43.7 Å². The smallest absolute Gasteiger partial charge is 1.00 e. The van der Waals surface area contributed by atoms with Crippen LogP contribution in [0.1, 0.15) is 16.2 Å². The fraction of sp³-hybridized carbons (Fsp3) is 0.167. The number of aromatic nitrogens is 1. The Labute approximate surface area is 132 Å². The van der Waals surface area contributed by atoms with Crippen molar-refractivity contribution in [3.63, 3.8) is 0 Å². The Hall–Kier alpha value is -0.840. The van der Waals surface area contributed by atoms with E-state index in [1.807, 2.05) is 18.2 Å². The van der Waals surface area contributed by atoms with Gasteiger partial charge in [0.15, 0.2) is 0 Å². The molecule has 88 valence electrons. The van der Waals surface area contributed by atoms with E-state index in [1.165, 1.54) is 0 Å². The summed E-state index contributed by atoms with van der Waals surface area (Å²) in [5.41, 5.74) is 0.662. The van der Waals surface area contributed by atoms with Gasteiger partial charge in [-0.15, -0.1) is 0 Å². The van der Waals surface area contributed by atoms with Gasteiger partial charge in [0.2, 0.25) is 0 Å². The molecule has 0 aliphatic heterocycles. The first kappa shape index (κ1) is 16.2. The molecule has 0 aliphatic rings. The number of nitrogens with zero attached hydrogens (tertiary/aromatic N) is 1. The second-order valence-electron chi connectivity index (χ2n) is 3.10. The predicted molar refractivity (Wildman–Crippen MR) is 69.3 cm³/mol. The van der Waals surface area contributed by atoms with Crippen LogP contribution in [0.15, 0.2) is 36.5 Å². The van der Waals surface area contributed by atoms with E-state index in [0.29, 0.717) is 5.52 Å². The van der Waals surface area contributed by atoms with Crippen LogP contribution in [0.3, 0.4) is 0 Å². The maximum atomic E-state index is 9.37. The number of rotatable bonds is 1. The summed E-state index contributed by atoms with van der Waals surface area (Å²) in [5.74, 6) is -0.506. The Morgan fingerprint density at radius 3 is 2.47 bits per heavy atom. The largest absolute Gasteiger partial charge is 2.00 e. The van der Waals surface area contributed by atoms with E-state index in [0.717, 1.165) is 5.39 Å². The SMILES string of the molecule is CCC(=O)O.Oc1cccc2cccnc12.[Ca+2].[H-].[H-]. The van der Waals surface area contributed by atoms with Crippen LogP contribution < -0.4 is 0 Å². The number of benzene rings is 1. The topological polar surface area (TPSA) is 70.4 Å². The van der Waals surface area contributed by atoms with Crippen molar-refractivity contribution in [1.29, 1.82) is 0 Å². The Balaban J connectivity index is -0.000000286. The van der Waals surface area contributed by atoms with E-state index in [-0.39, 0.29) is 52.8 Å². The third-order valence-corrected chi connectivity index (χ3v) is 1.91. The van der Waals surface area contributed by atoms with Gasteiger partial charge in [0, 0.05) is 18.0 Å². The Kier molecular flexibility index (Phi) is 7.87. The zero-order valence-electron chi connectivity index (χ0n) is 11.6. The number of carboxylic acids is 1. The van der Waals surface area contributed by atoms with Gasteiger partial charge in [-0.05, 0) is 12.1 Å². The van der Waals surface area contributed by atoms with Crippen LogP contribution >= 0.6 is 0 Å². The molecule has 5 heteroatoms. The van der Waals surface area contributed by atoms with Crippen molar-refractivity contribution in [3.8, 4) is 5.75 Å². The maximum Gasteiger partial charge on any atom is 2.00 e. The first-order valence-corrected chi connectivity index (χ1v) is 4.89. The van der Waals surface area contributed by atoms with Crippen LogP contribution in [0, 0.1) is 0 Å². The second kappa shape index (κ2) is 8.28. The fourth-order valence-corrected chi connectivity index (χ4v) is 1.09. The molecule has 1 heterocycles. The van der Waals surface area contributed by atoms with Gasteiger partial charge < -0.3 is 13.1 Å². The van der Waals surface area contributed by atoms with Gasteiger partial charge in [-0.1, -0.05) is 25.1 Å². The molecule has 0 saturated heterocycles. The Morgan fingerprint density at radius 2 is 1.94 bits per heavy atom. The minimum absolute atomic E-state index is 0. The van der Waals surface area contributed by atoms with Gasteiger partial charge in [-0.25, -0.2) is 0 Å². The van der Waals surface area contributed by atoms with Gasteiger partial charge in [0.05, 0.1) is 0 Å². The molecule has 17 heavy (non-hydrogen) atoms. The Morgan fingerprint density at radius 1 is 1.35 bits per heavy atom. The number of fused-ring (bicyclic) bond motifs is 1. The van der Waals surface area contributed by atoms with Crippen molar-refractivity contribution < 1.29 is 17.9 Å². The number of phenolic OH excluding ortho intramolecular Hbond substituents is 1. The number of para-hydroxylation sites is 1. The summed E-state index contributed by atoms with van der Waals surface area (Å²) in [4.78, 5) is 13.4. The minimum atomic E-state index is -0.745. The van der Waals surface area contributed by atoms with Crippen molar-refractivity contribution in [2.45, 2.75) is 13.3 Å². The predicted octanol–water partition coefficient (Wildman–Crippen LogP) is 2.27. The molecule has 0 aliphatic carbocycles. The first-order chi connectivity index (χ1) is 7.65. The molecule has 0 fully saturated rings. The van der Waals surface area contributed by atoms with Crippen LogP contribution in [0.4, 0.5) is 0 Å². The van der Waals surface area contributed by atoms with Crippen LogP contribution in [-0.2, 0) is 4.79 Å². The van der Waals surface area contributed by atoms with Crippen molar-refractivity contribution >= 4 is 54.6 Å². The maximum absolute atomic E-state index is 9.37. The van der Waals surface area contributed by atoms with Crippen LogP contribution in [-0.4, -0.2) is 58.9 Å². The van der Waals surface area contributed by atoms with E-state index in [1.54, 1.807) is 25.3 Å². The molecular weight excluding hydrogens is 246 g/mol. The number of carboxylic acid groups (broad SMARTS) is 1. The van der Waals surface area contributed by atoms with Crippen molar-refractivity contribution in [1.82, 2.24) is 4.98 Å². The molecule has 0 saturated carbocycles. The molecule has 1 aromatic carbocycles. The Bertz CT molecular complexity index is 492. The zero-order valence-corrected chi connectivity index (χ0v) is 11.8. The minimum Gasteiger partial charge on any atom is -1.00 e. The van der Waals surface area contributed by atoms with Crippen LogP contribution in [0.5, 0.6) is 5.75 Å². The van der Waals surface area contributed by atoms with Gasteiger partial charge in [-0.3, -0.25) is 9.78 Å². The summed E-state index contributed by atoms with van der Waals surface area (Å²) in [6.07, 6.45) is 1.89. The second-order valence-corrected chi connectivity index (χ2v) is 3.10. The normalized spacial score (nSPS) is 8.76. The molecule has 2 rings (SSSR count). The van der Waals surface area contributed by atoms with Crippen molar-refractivity contribution in [2.75, 3.05) is 0 Å². The number of aromatic hydroxyl groups is 1. The van der Waals surface area contributed by atoms with Gasteiger partial charge in [0.1, 0.15) is 11.3 Å². The molecule has 0 spiro atoms. The number of phenols is 1. The monoisotopic (exact) mass is 261 g/mol.